The van der Waals surface area contributed by atoms with Crippen molar-refractivity contribution >= 4 is 21.4 Å². The van der Waals surface area contributed by atoms with E-state index >= 15 is 0 Å². The molecule has 8 heteroatoms. The highest BCUT2D eigenvalue weighted by Crippen LogP contribution is 2.34. The first-order valence-corrected chi connectivity index (χ1v) is 10.5. The number of nitrogens with zero attached hydrogens (tertiary/aromatic N) is 1. The average molecular weight is 391 g/mol. The van der Waals surface area contributed by atoms with Gasteiger partial charge in [0.1, 0.15) is 18.2 Å². The van der Waals surface area contributed by atoms with Gasteiger partial charge in [0.15, 0.2) is 0 Å². The smallest absolute Gasteiger partial charge is 0.261 e. The summed E-state index contributed by atoms with van der Waals surface area (Å²) in [5.41, 5.74) is 1.37. The first kappa shape index (κ1) is 18.1. The Morgan fingerprint density at radius 3 is 2.67 bits per heavy atom. The molecule has 1 saturated carbocycles. The fourth-order valence-electron chi connectivity index (χ4n) is 3.09. The molecule has 1 aliphatic heterocycles. The summed E-state index contributed by atoms with van der Waals surface area (Å²) >= 11 is 0. The lowest BCUT2D eigenvalue weighted by molar-refractivity contribution is 0.307. The van der Waals surface area contributed by atoms with E-state index in [4.69, 9.17) is 4.74 Å². The predicted molar refractivity (Wildman–Crippen MR) is 102 cm³/mol. The van der Waals surface area contributed by atoms with Crippen LogP contribution < -0.4 is 19.7 Å². The monoisotopic (exact) mass is 391 g/mol. The second kappa shape index (κ2) is 7.36. The van der Waals surface area contributed by atoms with E-state index < -0.39 is 15.8 Å². The van der Waals surface area contributed by atoms with Crippen LogP contribution in [0.1, 0.15) is 12.8 Å². The van der Waals surface area contributed by atoms with E-state index in [9.17, 15) is 12.8 Å². The van der Waals surface area contributed by atoms with Crippen molar-refractivity contribution in [1.29, 1.82) is 0 Å². The molecule has 0 radical (unpaired) electrons. The summed E-state index contributed by atoms with van der Waals surface area (Å²) in [7, 11) is -3.78. The molecule has 0 atom stereocenters. The molecule has 27 heavy (non-hydrogen) atoms. The van der Waals surface area contributed by atoms with Gasteiger partial charge in [-0.25, -0.2) is 12.8 Å². The number of rotatable bonds is 7. The fourth-order valence-corrected chi connectivity index (χ4v) is 4.14. The molecular weight excluding hydrogens is 369 g/mol. The van der Waals surface area contributed by atoms with Gasteiger partial charge in [-0.1, -0.05) is 0 Å². The summed E-state index contributed by atoms with van der Waals surface area (Å²) in [5, 5.41) is 3.50. The van der Waals surface area contributed by atoms with E-state index in [-0.39, 0.29) is 4.90 Å². The Labute approximate surface area is 158 Å². The van der Waals surface area contributed by atoms with Crippen LogP contribution in [0, 0.1) is 5.82 Å². The van der Waals surface area contributed by atoms with Gasteiger partial charge in [0.05, 0.1) is 22.8 Å². The van der Waals surface area contributed by atoms with Gasteiger partial charge < -0.3 is 15.0 Å². The molecule has 0 saturated heterocycles. The number of hydrogen-bond donors (Lipinski definition) is 2. The average Bonchev–Trinajstić information content (AvgIpc) is 3.46. The van der Waals surface area contributed by atoms with Crippen LogP contribution in [0.25, 0.3) is 0 Å². The molecule has 0 aromatic heterocycles. The molecule has 1 fully saturated rings. The minimum absolute atomic E-state index is 0.00955. The second-order valence-corrected chi connectivity index (χ2v) is 8.49. The molecule has 4 rings (SSSR count). The Bertz CT molecular complexity index is 914. The maximum Gasteiger partial charge on any atom is 0.261 e. The van der Waals surface area contributed by atoms with Crippen molar-refractivity contribution in [3.63, 3.8) is 0 Å². The van der Waals surface area contributed by atoms with E-state index in [1.54, 1.807) is 12.1 Å². The Hall–Kier alpha value is -2.32. The van der Waals surface area contributed by atoms with Gasteiger partial charge in [-0.15, -0.1) is 0 Å². The summed E-state index contributed by atoms with van der Waals surface area (Å²) in [5.74, 6) is 0.180. The maximum absolute atomic E-state index is 13.0. The van der Waals surface area contributed by atoms with Crippen LogP contribution in [-0.4, -0.2) is 40.7 Å². The highest BCUT2D eigenvalue weighted by atomic mass is 32.2. The van der Waals surface area contributed by atoms with Gasteiger partial charge in [0.25, 0.3) is 10.0 Å². The minimum atomic E-state index is -3.78. The number of hydrogen-bond acceptors (Lipinski definition) is 5. The van der Waals surface area contributed by atoms with E-state index in [2.05, 4.69) is 14.9 Å². The predicted octanol–water partition coefficient (Wildman–Crippen LogP) is 2.58. The zero-order valence-corrected chi connectivity index (χ0v) is 15.6. The third kappa shape index (κ3) is 4.33. The van der Waals surface area contributed by atoms with Crippen molar-refractivity contribution in [2.45, 2.75) is 23.8 Å². The molecule has 0 unspecified atom stereocenters. The normalized spacial score (nSPS) is 16.6. The van der Waals surface area contributed by atoms with Crippen molar-refractivity contribution < 1.29 is 17.5 Å². The zero-order valence-electron chi connectivity index (χ0n) is 14.8. The Morgan fingerprint density at radius 1 is 1.15 bits per heavy atom. The summed E-state index contributed by atoms with van der Waals surface area (Å²) in [4.78, 5) is 2.25. The van der Waals surface area contributed by atoms with Crippen LogP contribution >= 0.6 is 0 Å². The topological polar surface area (TPSA) is 70.7 Å². The number of anilines is 2. The summed E-state index contributed by atoms with van der Waals surface area (Å²) < 4.78 is 46.2. The number of halogens is 1. The third-order valence-electron chi connectivity index (χ3n) is 4.69. The van der Waals surface area contributed by atoms with Crippen molar-refractivity contribution in [2.75, 3.05) is 35.9 Å². The van der Waals surface area contributed by atoms with Crippen LogP contribution in [0.4, 0.5) is 15.8 Å². The van der Waals surface area contributed by atoms with Crippen molar-refractivity contribution in [1.82, 2.24) is 5.32 Å². The summed E-state index contributed by atoms with van der Waals surface area (Å²) in [6.07, 6.45) is 2.52. The molecule has 2 N–H and O–H groups in total. The molecule has 6 nitrogen and oxygen atoms in total. The largest absolute Gasteiger partial charge is 0.489 e. The fraction of sp³-hybridized carbons (Fsp3) is 0.368. The Balaban J connectivity index is 1.47. The van der Waals surface area contributed by atoms with Gasteiger partial charge in [0.2, 0.25) is 0 Å². The summed E-state index contributed by atoms with van der Waals surface area (Å²) in [6.45, 7) is 3.17. The number of benzene rings is 2. The Kier molecular flexibility index (Phi) is 4.92. The zero-order chi connectivity index (χ0) is 18.9. The van der Waals surface area contributed by atoms with E-state index in [1.807, 2.05) is 6.07 Å². The van der Waals surface area contributed by atoms with Gasteiger partial charge in [-0.3, -0.25) is 4.72 Å². The van der Waals surface area contributed by atoms with Gasteiger partial charge >= 0.3 is 0 Å². The summed E-state index contributed by atoms with van der Waals surface area (Å²) in [6, 6.07) is 10.7. The lowest BCUT2D eigenvalue weighted by atomic mass is 10.2. The highest BCUT2D eigenvalue weighted by molar-refractivity contribution is 7.92. The van der Waals surface area contributed by atoms with Crippen LogP contribution in [-0.2, 0) is 10.0 Å². The molecule has 0 spiro atoms. The van der Waals surface area contributed by atoms with Crippen molar-refractivity contribution in [3.8, 4) is 5.75 Å². The molecular formula is C19H22FN3O3S. The maximum atomic E-state index is 13.0. The quantitative estimate of drug-likeness (QED) is 0.759. The molecule has 0 amide bonds. The number of nitrogens with one attached hydrogen (secondary N) is 2. The molecule has 2 aromatic carbocycles. The van der Waals surface area contributed by atoms with Crippen LogP contribution in [0.15, 0.2) is 47.4 Å². The van der Waals surface area contributed by atoms with E-state index in [0.29, 0.717) is 24.1 Å². The number of ether oxygens (including phenoxy) is 1. The first-order valence-electron chi connectivity index (χ1n) is 9.05. The van der Waals surface area contributed by atoms with Crippen molar-refractivity contribution in [2.24, 2.45) is 0 Å². The lowest BCUT2D eigenvalue weighted by Gasteiger charge is -2.31. The second-order valence-electron chi connectivity index (χ2n) is 6.81. The molecule has 0 bridgehead atoms. The van der Waals surface area contributed by atoms with Gasteiger partial charge in [-0.05, 0) is 49.2 Å². The highest BCUT2D eigenvalue weighted by Gasteiger charge is 2.23. The van der Waals surface area contributed by atoms with Gasteiger partial charge in [-0.2, -0.15) is 0 Å². The lowest BCUT2D eigenvalue weighted by Crippen LogP contribution is -2.38. The molecule has 1 heterocycles. The van der Waals surface area contributed by atoms with E-state index in [0.717, 1.165) is 37.5 Å². The number of sulfonamides is 1. The van der Waals surface area contributed by atoms with Crippen molar-refractivity contribution in [3.05, 3.63) is 48.3 Å². The van der Waals surface area contributed by atoms with Crippen LogP contribution in [0.5, 0.6) is 5.75 Å². The van der Waals surface area contributed by atoms with Gasteiger partial charge in [0, 0.05) is 25.2 Å². The molecule has 2 aliphatic rings. The number of fused-ring (bicyclic) bond motifs is 1. The standard InChI is InChI=1S/C19H22FN3O3S/c20-14-1-6-17(7-2-14)27(24,25)22-16-5-8-18-19(13-16)26-12-11-23(18)10-9-21-15-3-4-15/h1-2,5-8,13,15,21-22H,3-4,9-12H2. The Morgan fingerprint density at radius 2 is 1.93 bits per heavy atom. The van der Waals surface area contributed by atoms with Crippen LogP contribution in [0.2, 0.25) is 0 Å². The van der Waals surface area contributed by atoms with Crippen LogP contribution in [0.3, 0.4) is 0 Å². The third-order valence-corrected chi connectivity index (χ3v) is 6.08. The molecule has 2 aromatic rings. The van der Waals surface area contributed by atoms with E-state index in [1.165, 1.54) is 25.0 Å². The SMILES string of the molecule is O=S(=O)(Nc1ccc2c(c1)OCCN2CCNC1CC1)c1ccc(F)cc1. The first-order chi connectivity index (χ1) is 13.0. The minimum Gasteiger partial charge on any atom is -0.489 e. The molecule has 1 aliphatic carbocycles. The molecule has 144 valence electrons.